The van der Waals surface area contributed by atoms with Gasteiger partial charge in [0.15, 0.2) is 5.78 Å². The fourth-order valence-corrected chi connectivity index (χ4v) is 2.73. The third-order valence-electron chi connectivity index (χ3n) is 3.56. The molecule has 2 aromatic carbocycles. The molecule has 3 rings (SSSR count). The number of ketones is 1. The molecule has 0 spiro atoms. The number of ether oxygens (including phenoxy) is 1. The van der Waals surface area contributed by atoms with Crippen molar-refractivity contribution in [2.24, 2.45) is 0 Å². The summed E-state index contributed by atoms with van der Waals surface area (Å²) in [5, 5.41) is 11.8. The van der Waals surface area contributed by atoms with Crippen LogP contribution in [0.4, 0.5) is 0 Å². The van der Waals surface area contributed by atoms with Crippen molar-refractivity contribution in [3.63, 3.8) is 0 Å². The van der Waals surface area contributed by atoms with Crippen LogP contribution in [-0.2, 0) is 6.42 Å². The molecule has 0 aromatic heterocycles. The molecule has 0 atom stereocenters. The zero-order valence-corrected chi connectivity index (χ0v) is 10.2. The van der Waals surface area contributed by atoms with Crippen LogP contribution in [0.3, 0.4) is 0 Å². The Kier molecular flexibility index (Phi) is 2.47. The standard InChI is InChI=1S/C15H14O3/c1-18-13-8-6-9-5-7-12(17)15-11(16)4-2-3-10(13)14(9)15/h5-8,17H,2-4H2,1H3. The summed E-state index contributed by atoms with van der Waals surface area (Å²) in [4.78, 5) is 12.1. The molecule has 0 saturated heterocycles. The number of phenols is 1. The zero-order valence-electron chi connectivity index (χ0n) is 10.2. The van der Waals surface area contributed by atoms with Gasteiger partial charge in [-0.2, -0.15) is 0 Å². The molecular weight excluding hydrogens is 228 g/mol. The highest BCUT2D eigenvalue weighted by atomic mass is 16.5. The van der Waals surface area contributed by atoms with E-state index in [1.165, 1.54) is 0 Å². The largest absolute Gasteiger partial charge is 0.507 e. The summed E-state index contributed by atoms with van der Waals surface area (Å²) in [6, 6.07) is 7.29. The van der Waals surface area contributed by atoms with Gasteiger partial charge in [0.05, 0.1) is 12.7 Å². The molecule has 18 heavy (non-hydrogen) atoms. The molecule has 1 N–H and O–H groups in total. The maximum Gasteiger partial charge on any atom is 0.167 e. The van der Waals surface area contributed by atoms with E-state index in [0.29, 0.717) is 12.0 Å². The topological polar surface area (TPSA) is 46.5 Å². The number of carbonyl (C=O) groups is 1. The van der Waals surface area contributed by atoms with E-state index >= 15 is 0 Å². The second-order valence-corrected chi connectivity index (χ2v) is 4.58. The molecule has 0 unspecified atom stereocenters. The first kappa shape index (κ1) is 11.1. The van der Waals surface area contributed by atoms with Crippen molar-refractivity contribution in [3.05, 3.63) is 35.4 Å². The van der Waals surface area contributed by atoms with Gasteiger partial charge >= 0.3 is 0 Å². The third kappa shape index (κ3) is 1.47. The Hall–Kier alpha value is -2.03. The van der Waals surface area contributed by atoms with E-state index in [-0.39, 0.29) is 11.5 Å². The van der Waals surface area contributed by atoms with Crippen LogP contribution in [0.2, 0.25) is 0 Å². The molecule has 2 aromatic rings. The Morgan fingerprint density at radius 3 is 2.72 bits per heavy atom. The molecular formula is C15H14O3. The Morgan fingerprint density at radius 1 is 1.17 bits per heavy atom. The minimum absolute atomic E-state index is 0.0186. The number of methoxy groups -OCH3 is 1. The van der Waals surface area contributed by atoms with E-state index in [1.807, 2.05) is 18.2 Å². The van der Waals surface area contributed by atoms with Crippen LogP contribution in [0.25, 0.3) is 10.8 Å². The van der Waals surface area contributed by atoms with Crippen LogP contribution in [0.5, 0.6) is 11.5 Å². The van der Waals surface area contributed by atoms with Crippen molar-refractivity contribution in [2.75, 3.05) is 7.11 Å². The molecule has 0 heterocycles. The Bertz CT molecular complexity index is 644. The number of phenolic OH excluding ortho intramolecular Hbond substituents is 1. The lowest BCUT2D eigenvalue weighted by atomic mass is 9.96. The van der Waals surface area contributed by atoms with Crippen LogP contribution in [0, 0.1) is 0 Å². The van der Waals surface area contributed by atoms with Crippen LogP contribution >= 0.6 is 0 Å². The van der Waals surface area contributed by atoms with Crippen molar-refractivity contribution in [1.29, 1.82) is 0 Å². The second kappa shape index (κ2) is 4.02. The molecule has 0 amide bonds. The number of Topliss-reactive ketones (excluding diaryl/α,β-unsaturated/α-hetero) is 1. The molecule has 0 saturated carbocycles. The number of rotatable bonds is 1. The molecule has 0 radical (unpaired) electrons. The van der Waals surface area contributed by atoms with E-state index in [1.54, 1.807) is 13.2 Å². The highest BCUT2D eigenvalue weighted by Crippen LogP contribution is 2.38. The van der Waals surface area contributed by atoms with Crippen molar-refractivity contribution in [3.8, 4) is 11.5 Å². The first-order valence-electron chi connectivity index (χ1n) is 6.07. The lowest BCUT2D eigenvalue weighted by Crippen LogP contribution is -1.99. The van der Waals surface area contributed by atoms with Gasteiger partial charge < -0.3 is 9.84 Å². The first-order valence-corrected chi connectivity index (χ1v) is 6.07. The van der Waals surface area contributed by atoms with Crippen LogP contribution in [0.15, 0.2) is 24.3 Å². The van der Waals surface area contributed by atoms with Gasteiger partial charge in [-0.15, -0.1) is 0 Å². The average Bonchev–Trinajstić information content (AvgIpc) is 2.55. The highest BCUT2D eigenvalue weighted by Gasteiger charge is 2.22. The molecule has 3 nitrogen and oxygen atoms in total. The summed E-state index contributed by atoms with van der Waals surface area (Å²) >= 11 is 0. The Balaban J connectivity index is 2.48. The maximum absolute atomic E-state index is 12.1. The second-order valence-electron chi connectivity index (χ2n) is 4.58. The molecule has 92 valence electrons. The molecule has 3 heteroatoms. The summed E-state index contributed by atoms with van der Waals surface area (Å²) in [5.74, 6) is 0.887. The lowest BCUT2D eigenvalue weighted by Gasteiger charge is -2.12. The van der Waals surface area contributed by atoms with E-state index < -0.39 is 0 Å². The van der Waals surface area contributed by atoms with Gasteiger partial charge in [-0.3, -0.25) is 4.79 Å². The van der Waals surface area contributed by atoms with Gasteiger partial charge in [-0.25, -0.2) is 0 Å². The average molecular weight is 242 g/mol. The third-order valence-corrected chi connectivity index (χ3v) is 3.56. The first-order chi connectivity index (χ1) is 8.72. The number of carbonyl (C=O) groups excluding carboxylic acids is 1. The van der Waals surface area contributed by atoms with E-state index in [4.69, 9.17) is 4.74 Å². The number of benzene rings is 2. The molecule has 0 bridgehead atoms. The molecule has 1 aliphatic rings. The molecule has 0 aliphatic heterocycles. The smallest absolute Gasteiger partial charge is 0.167 e. The van der Waals surface area contributed by atoms with Gasteiger partial charge in [0.2, 0.25) is 0 Å². The van der Waals surface area contributed by atoms with Gasteiger partial charge in [0.1, 0.15) is 11.5 Å². The van der Waals surface area contributed by atoms with Gasteiger partial charge in [0, 0.05) is 17.4 Å². The van der Waals surface area contributed by atoms with Crippen molar-refractivity contribution in [1.82, 2.24) is 0 Å². The predicted molar refractivity (Wildman–Crippen MR) is 69.4 cm³/mol. The van der Waals surface area contributed by atoms with Gasteiger partial charge in [0.25, 0.3) is 0 Å². The van der Waals surface area contributed by atoms with Crippen LogP contribution in [0.1, 0.15) is 28.8 Å². The fraction of sp³-hybridized carbons (Fsp3) is 0.267. The quantitative estimate of drug-likeness (QED) is 0.836. The summed E-state index contributed by atoms with van der Waals surface area (Å²) in [7, 11) is 1.63. The van der Waals surface area contributed by atoms with E-state index in [0.717, 1.165) is 34.9 Å². The summed E-state index contributed by atoms with van der Waals surface area (Å²) in [6.45, 7) is 0. The van der Waals surface area contributed by atoms with Crippen molar-refractivity contribution in [2.45, 2.75) is 19.3 Å². The van der Waals surface area contributed by atoms with Crippen molar-refractivity contribution >= 4 is 16.6 Å². The van der Waals surface area contributed by atoms with E-state index in [2.05, 4.69) is 0 Å². The predicted octanol–water partition coefficient (Wildman–Crippen LogP) is 3.07. The number of hydrogen-bond acceptors (Lipinski definition) is 3. The summed E-state index contributed by atoms with van der Waals surface area (Å²) < 4.78 is 5.37. The lowest BCUT2D eigenvalue weighted by molar-refractivity contribution is 0.0980. The minimum atomic E-state index is 0.0186. The van der Waals surface area contributed by atoms with Crippen LogP contribution in [-0.4, -0.2) is 18.0 Å². The number of aryl methyl sites for hydroxylation is 1. The number of hydrogen-bond donors (Lipinski definition) is 1. The van der Waals surface area contributed by atoms with E-state index in [9.17, 15) is 9.90 Å². The number of aromatic hydroxyl groups is 1. The molecule has 0 fully saturated rings. The maximum atomic E-state index is 12.1. The SMILES string of the molecule is COc1ccc2ccc(O)c3c2c1CCCC3=O. The van der Waals surface area contributed by atoms with Gasteiger partial charge in [-0.1, -0.05) is 12.1 Å². The van der Waals surface area contributed by atoms with Crippen LogP contribution < -0.4 is 4.74 Å². The normalized spacial score (nSPS) is 14.6. The molecule has 1 aliphatic carbocycles. The summed E-state index contributed by atoms with van der Waals surface area (Å²) in [6.07, 6.45) is 2.08. The summed E-state index contributed by atoms with van der Waals surface area (Å²) in [5.41, 5.74) is 1.49. The highest BCUT2D eigenvalue weighted by molar-refractivity contribution is 6.12. The van der Waals surface area contributed by atoms with Gasteiger partial charge in [-0.05, 0) is 30.4 Å². The Morgan fingerprint density at radius 2 is 1.94 bits per heavy atom. The Labute approximate surface area is 105 Å². The monoisotopic (exact) mass is 242 g/mol. The zero-order chi connectivity index (χ0) is 12.7. The van der Waals surface area contributed by atoms with Crippen molar-refractivity contribution < 1.29 is 14.6 Å². The fourth-order valence-electron chi connectivity index (χ4n) is 2.73. The minimum Gasteiger partial charge on any atom is -0.507 e.